The third-order valence-corrected chi connectivity index (χ3v) is 4.55. The molecule has 0 fully saturated rings. The van der Waals surface area contributed by atoms with Crippen molar-refractivity contribution in [3.63, 3.8) is 0 Å². The van der Waals surface area contributed by atoms with Crippen LogP contribution in [0, 0.1) is 11.8 Å². The van der Waals surface area contributed by atoms with Crippen LogP contribution in [-0.4, -0.2) is 15.0 Å². The van der Waals surface area contributed by atoms with Gasteiger partial charge in [0.05, 0.1) is 0 Å². The molecule has 0 heterocycles. The van der Waals surface area contributed by atoms with E-state index in [1.54, 1.807) is 0 Å². The van der Waals surface area contributed by atoms with Crippen molar-refractivity contribution >= 4 is 19.4 Å². The van der Waals surface area contributed by atoms with Gasteiger partial charge in [-0.25, -0.2) is 0 Å². The Bertz CT molecular complexity index is 586. The molecule has 1 heteroatoms. The van der Waals surface area contributed by atoms with Crippen molar-refractivity contribution in [2.45, 2.75) is 12.2 Å². The summed E-state index contributed by atoms with van der Waals surface area (Å²) in [6.45, 7) is 2.22. The molecule has 0 saturated carbocycles. The molecule has 0 atom stereocenters. The molecule has 0 aliphatic rings. The molecule has 0 nitrogen and oxygen atoms in total. The molecular formula is C18H16Se. The zero-order valence-electron chi connectivity index (χ0n) is 11.0. The number of rotatable bonds is 3. The number of benzene rings is 2. The van der Waals surface area contributed by atoms with Crippen LogP contribution in [0.15, 0.2) is 66.7 Å². The zero-order valence-corrected chi connectivity index (χ0v) is 12.7. The van der Waals surface area contributed by atoms with Gasteiger partial charge in [-0.3, -0.25) is 0 Å². The van der Waals surface area contributed by atoms with Crippen molar-refractivity contribution in [1.29, 1.82) is 0 Å². The average molecular weight is 311 g/mol. The Kier molecular flexibility index (Phi) is 5.50. The molecule has 19 heavy (non-hydrogen) atoms. The summed E-state index contributed by atoms with van der Waals surface area (Å²) in [5, 5.41) is 1.20. The second-order valence-corrected chi connectivity index (χ2v) is 6.68. The van der Waals surface area contributed by atoms with E-state index in [-0.39, 0.29) is 0 Å². The Labute approximate surface area is 121 Å². The average Bonchev–Trinajstić information content (AvgIpc) is 2.48. The number of allylic oxidation sites excluding steroid dienone is 1. The zero-order chi connectivity index (χ0) is 13.3. The van der Waals surface area contributed by atoms with E-state index in [4.69, 9.17) is 0 Å². The maximum atomic E-state index is 3.19. The third-order valence-electron chi connectivity index (χ3n) is 2.55. The van der Waals surface area contributed by atoms with Crippen LogP contribution in [0.1, 0.15) is 18.1 Å². The monoisotopic (exact) mass is 312 g/mol. The molecule has 2 aromatic carbocycles. The van der Waals surface area contributed by atoms with Crippen molar-refractivity contribution in [3.05, 3.63) is 77.9 Å². The van der Waals surface area contributed by atoms with Gasteiger partial charge in [-0.2, -0.15) is 0 Å². The van der Waals surface area contributed by atoms with E-state index in [1.165, 1.54) is 15.4 Å². The predicted octanol–water partition coefficient (Wildman–Crippen LogP) is 4.22. The second kappa shape index (κ2) is 7.64. The molecule has 0 unspecified atom stereocenters. The molecule has 94 valence electrons. The molecule has 2 rings (SSSR count). The first-order chi connectivity index (χ1) is 9.40. The molecule has 2 aromatic rings. The van der Waals surface area contributed by atoms with Crippen LogP contribution >= 0.6 is 0 Å². The summed E-state index contributed by atoms with van der Waals surface area (Å²) in [4.78, 5) is 0. The minimum absolute atomic E-state index is 0.493. The van der Waals surface area contributed by atoms with E-state index in [1.807, 2.05) is 30.3 Å². The van der Waals surface area contributed by atoms with E-state index in [0.717, 1.165) is 5.56 Å². The minimum atomic E-state index is 0.493. The quantitative estimate of drug-likeness (QED) is 0.588. The summed E-state index contributed by atoms with van der Waals surface area (Å²) in [5.74, 6) is 6.38. The fourth-order valence-electron chi connectivity index (χ4n) is 1.67. The molecular weight excluding hydrogens is 295 g/mol. The third kappa shape index (κ3) is 4.45. The van der Waals surface area contributed by atoms with E-state index in [9.17, 15) is 0 Å². The number of hydrogen-bond donors (Lipinski definition) is 0. The van der Waals surface area contributed by atoms with Gasteiger partial charge in [0.25, 0.3) is 0 Å². The molecule has 0 radical (unpaired) electrons. The normalized spacial score (nSPS) is 10.7. The van der Waals surface area contributed by atoms with E-state index >= 15 is 0 Å². The van der Waals surface area contributed by atoms with Crippen molar-refractivity contribution in [2.24, 2.45) is 0 Å². The molecule has 0 aliphatic heterocycles. The van der Waals surface area contributed by atoms with Crippen LogP contribution in [0.4, 0.5) is 0 Å². The van der Waals surface area contributed by atoms with Crippen LogP contribution in [0.25, 0.3) is 4.47 Å². The molecule has 0 amide bonds. The molecule has 0 aliphatic carbocycles. The first-order valence-corrected chi connectivity index (χ1v) is 8.42. The summed E-state index contributed by atoms with van der Waals surface area (Å²) in [6.07, 6.45) is 2.08. The number of hydrogen-bond acceptors (Lipinski definition) is 0. The van der Waals surface area contributed by atoms with Gasteiger partial charge in [0.1, 0.15) is 0 Å². The standard InChI is InChI=1S/C18H16Se/c1-2-19-18(17-13-7-4-8-14-17)15-9-12-16-10-5-3-6-11-16/h3-8,10-11,13-15H,2H2,1H3/b18-15-. The fraction of sp³-hybridized carbons (Fsp3) is 0.111. The van der Waals surface area contributed by atoms with E-state index in [2.05, 4.69) is 55.2 Å². The Morgan fingerprint density at radius 1 is 1.00 bits per heavy atom. The van der Waals surface area contributed by atoms with Crippen LogP contribution in [-0.2, 0) is 0 Å². The fourth-order valence-corrected chi connectivity index (χ4v) is 3.26. The predicted molar refractivity (Wildman–Crippen MR) is 84.0 cm³/mol. The summed E-state index contributed by atoms with van der Waals surface area (Å²) in [6, 6.07) is 20.7. The van der Waals surface area contributed by atoms with Gasteiger partial charge in [-0.05, 0) is 0 Å². The van der Waals surface area contributed by atoms with Crippen molar-refractivity contribution in [3.8, 4) is 11.8 Å². The Balaban J connectivity index is 2.21. The first kappa shape index (κ1) is 13.7. The van der Waals surface area contributed by atoms with Gasteiger partial charge in [-0.15, -0.1) is 0 Å². The SMILES string of the molecule is CC[Se]/C(=C\C#Cc1ccccc1)c1ccccc1. The van der Waals surface area contributed by atoms with Gasteiger partial charge < -0.3 is 0 Å². The van der Waals surface area contributed by atoms with Crippen molar-refractivity contribution in [1.82, 2.24) is 0 Å². The molecule has 0 bridgehead atoms. The van der Waals surface area contributed by atoms with E-state index < -0.39 is 0 Å². The topological polar surface area (TPSA) is 0 Å². The van der Waals surface area contributed by atoms with Gasteiger partial charge >= 0.3 is 121 Å². The first-order valence-electron chi connectivity index (χ1n) is 6.35. The van der Waals surface area contributed by atoms with Gasteiger partial charge in [-0.1, -0.05) is 0 Å². The van der Waals surface area contributed by atoms with Crippen molar-refractivity contribution in [2.75, 3.05) is 0 Å². The molecule has 0 saturated heterocycles. The van der Waals surface area contributed by atoms with Crippen LogP contribution < -0.4 is 0 Å². The summed E-state index contributed by atoms with van der Waals surface area (Å²) in [5.41, 5.74) is 2.36. The molecule has 0 spiro atoms. The summed E-state index contributed by atoms with van der Waals surface area (Å²) < 4.78 is 1.37. The Morgan fingerprint density at radius 2 is 1.63 bits per heavy atom. The molecule has 0 aromatic heterocycles. The second-order valence-electron chi connectivity index (χ2n) is 3.94. The summed E-state index contributed by atoms with van der Waals surface area (Å²) >= 11 is 0.493. The van der Waals surface area contributed by atoms with Gasteiger partial charge in [0, 0.05) is 0 Å². The maximum absolute atomic E-state index is 3.19. The van der Waals surface area contributed by atoms with Crippen LogP contribution in [0.3, 0.4) is 0 Å². The van der Waals surface area contributed by atoms with Crippen LogP contribution in [0.2, 0.25) is 5.32 Å². The van der Waals surface area contributed by atoms with Crippen LogP contribution in [0.5, 0.6) is 0 Å². The Morgan fingerprint density at radius 3 is 2.26 bits per heavy atom. The van der Waals surface area contributed by atoms with E-state index in [0.29, 0.717) is 15.0 Å². The van der Waals surface area contributed by atoms with Gasteiger partial charge in [0.2, 0.25) is 0 Å². The molecule has 0 N–H and O–H groups in total. The van der Waals surface area contributed by atoms with Gasteiger partial charge in [0.15, 0.2) is 0 Å². The summed E-state index contributed by atoms with van der Waals surface area (Å²) in [7, 11) is 0. The van der Waals surface area contributed by atoms with Crippen molar-refractivity contribution < 1.29 is 0 Å². The Hall–Kier alpha value is -1.74.